The summed E-state index contributed by atoms with van der Waals surface area (Å²) in [5.74, 6) is -5.55. The van der Waals surface area contributed by atoms with E-state index >= 15 is 0 Å². The van der Waals surface area contributed by atoms with E-state index < -0.39 is 23.4 Å². The minimum atomic E-state index is -5.56. The van der Waals surface area contributed by atoms with Crippen molar-refractivity contribution >= 4 is 11.3 Å². The van der Waals surface area contributed by atoms with Crippen LogP contribution in [0.4, 0.5) is 22.0 Å². The number of halogens is 5. The fourth-order valence-corrected chi connectivity index (χ4v) is 3.85. The zero-order valence-corrected chi connectivity index (χ0v) is 11.5. The molecule has 1 aromatic heterocycles. The molecule has 0 nitrogen and oxygen atoms in total. The molecule has 0 spiro atoms. The minimum absolute atomic E-state index is 0.0470. The van der Waals surface area contributed by atoms with E-state index in [1.54, 1.807) is 23.6 Å². The third-order valence-corrected chi connectivity index (χ3v) is 5.04. The van der Waals surface area contributed by atoms with Gasteiger partial charge < -0.3 is 0 Å². The van der Waals surface area contributed by atoms with Crippen molar-refractivity contribution in [3.63, 3.8) is 0 Å². The summed E-state index contributed by atoms with van der Waals surface area (Å²) >= 11 is 1.22. The van der Waals surface area contributed by atoms with Crippen LogP contribution in [0, 0.1) is 0 Å². The van der Waals surface area contributed by atoms with E-state index in [9.17, 15) is 22.0 Å². The van der Waals surface area contributed by atoms with Crippen molar-refractivity contribution in [2.24, 2.45) is 0 Å². The third kappa shape index (κ3) is 1.99. The lowest BCUT2D eigenvalue weighted by Gasteiger charge is -2.30. The standard InChI is InChI=1S/C15H11F5S/c16-14(17,15(18,19)20)13(10-5-2-1-3-6-10)9-11(13)12-7-4-8-21-12/h1-8,11H,9H2/t11-,13-/m0/s1. The Kier molecular flexibility index (Phi) is 3.13. The summed E-state index contributed by atoms with van der Waals surface area (Å²) in [4.78, 5) is 0.572. The van der Waals surface area contributed by atoms with Gasteiger partial charge in [-0.2, -0.15) is 22.0 Å². The van der Waals surface area contributed by atoms with Crippen molar-refractivity contribution in [2.75, 3.05) is 0 Å². The molecule has 1 fully saturated rings. The number of hydrogen-bond donors (Lipinski definition) is 0. The van der Waals surface area contributed by atoms with Crippen LogP contribution in [0.5, 0.6) is 0 Å². The predicted molar refractivity (Wildman–Crippen MR) is 70.8 cm³/mol. The van der Waals surface area contributed by atoms with Crippen LogP contribution in [-0.2, 0) is 5.41 Å². The van der Waals surface area contributed by atoms with E-state index in [4.69, 9.17) is 0 Å². The minimum Gasteiger partial charge on any atom is -0.195 e. The number of hydrogen-bond acceptors (Lipinski definition) is 1. The molecule has 0 radical (unpaired) electrons. The average Bonchev–Trinajstić information content (AvgIpc) is 2.97. The van der Waals surface area contributed by atoms with Gasteiger partial charge in [-0.05, 0) is 23.4 Å². The zero-order valence-electron chi connectivity index (χ0n) is 10.7. The second-order valence-corrected chi connectivity index (χ2v) is 6.16. The van der Waals surface area contributed by atoms with Crippen molar-refractivity contribution in [3.05, 3.63) is 58.3 Å². The van der Waals surface area contributed by atoms with E-state index in [0.29, 0.717) is 4.88 Å². The van der Waals surface area contributed by atoms with Gasteiger partial charge >= 0.3 is 12.1 Å². The highest BCUT2D eigenvalue weighted by atomic mass is 32.1. The molecule has 0 saturated heterocycles. The Hall–Kier alpha value is -1.43. The molecule has 3 rings (SSSR count). The molecule has 21 heavy (non-hydrogen) atoms. The van der Waals surface area contributed by atoms with Gasteiger partial charge in [0.2, 0.25) is 0 Å². The number of benzene rings is 1. The lowest BCUT2D eigenvalue weighted by atomic mass is 9.85. The molecular formula is C15H11F5S. The van der Waals surface area contributed by atoms with Crippen LogP contribution in [0.2, 0.25) is 0 Å². The maximum absolute atomic E-state index is 14.2. The van der Waals surface area contributed by atoms with Crippen LogP contribution in [0.15, 0.2) is 47.8 Å². The summed E-state index contributed by atoms with van der Waals surface area (Å²) < 4.78 is 67.1. The Bertz CT molecular complexity index is 617. The van der Waals surface area contributed by atoms with E-state index in [1.165, 1.54) is 35.6 Å². The Morgan fingerprint density at radius 1 is 0.952 bits per heavy atom. The van der Waals surface area contributed by atoms with E-state index in [1.807, 2.05) is 0 Å². The van der Waals surface area contributed by atoms with E-state index in [2.05, 4.69) is 0 Å². The third-order valence-electron chi connectivity index (χ3n) is 4.05. The first-order valence-electron chi connectivity index (χ1n) is 6.34. The summed E-state index contributed by atoms with van der Waals surface area (Å²) in [7, 11) is 0. The molecule has 1 heterocycles. The Morgan fingerprint density at radius 2 is 1.62 bits per heavy atom. The molecule has 1 aromatic carbocycles. The molecule has 0 N–H and O–H groups in total. The highest BCUT2D eigenvalue weighted by molar-refractivity contribution is 7.10. The Labute approximate surface area is 122 Å². The number of rotatable bonds is 3. The molecule has 2 aromatic rings. The zero-order chi connectivity index (χ0) is 15.3. The largest absolute Gasteiger partial charge is 0.454 e. The van der Waals surface area contributed by atoms with Gasteiger partial charge in [-0.3, -0.25) is 0 Å². The van der Waals surface area contributed by atoms with Crippen molar-refractivity contribution < 1.29 is 22.0 Å². The van der Waals surface area contributed by atoms with Crippen molar-refractivity contribution in [2.45, 2.75) is 29.9 Å². The molecular weight excluding hydrogens is 307 g/mol. The van der Waals surface area contributed by atoms with Crippen LogP contribution < -0.4 is 0 Å². The van der Waals surface area contributed by atoms with E-state index in [0.717, 1.165) is 0 Å². The quantitative estimate of drug-likeness (QED) is 0.667. The summed E-state index contributed by atoms with van der Waals surface area (Å²) in [6.07, 6.45) is -5.75. The number of alkyl halides is 5. The summed E-state index contributed by atoms with van der Waals surface area (Å²) in [6, 6.07) is 10.6. The predicted octanol–water partition coefficient (Wildman–Crippen LogP) is 5.37. The molecule has 112 valence electrons. The summed E-state index contributed by atoms with van der Waals surface area (Å²) in [5, 5.41) is 1.69. The first-order valence-corrected chi connectivity index (χ1v) is 7.22. The second kappa shape index (κ2) is 4.53. The van der Waals surface area contributed by atoms with Gasteiger partial charge in [-0.25, -0.2) is 0 Å². The van der Waals surface area contributed by atoms with Crippen molar-refractivity contribution in [1.82, 2.24) is 0 Å². The van der Waals surface area contributed by atoms with Crippen LogP contribution in [0.1, 0.15) is 22.8 Å². The van der Waals surface area contributed by atoms with Crippen LogP contribution >= 0.6 is 11.3 Å². The molecule has 1 aliphatic rings. The smallest absolute Gasteiger partial charge is 0.195 e. The molecule has 1 saturated carbocycles. The fourth-order valence-electron chi connectivity index (χ4n) is 2.93. The lowest BCUT2D eigenvalue weighted by molar-refractivity contribution is -0.297. The van der Waals surface area contributed by atoms with Gasteiger partial charge in [0, 0.05) is 10.8 Å². The van der Waals surface area contributed by atoms with Crippen LogP contribution in [0.3, 0.4) is 0 Å². The van der Waals surface area contributed by atoms with E-state index in [-0.39, 0.29) is 12.0 Å². The maximum atomic E-state index is 14.2. The van der Waals surface area contributed by atoms with Gasteiger partial charge in [0.1, 0.15) is 0 Å². The monoisotopic (exact) mass is 318 g/mol. The van der Waals surface area contributed by atoms with Gasteiger partial charge in [0.25, 0.3) is 0 Å². The first-order chi connectivity index (χ1) is 9.81. The van der Waals surface area contributed by atoms with Gasteiger partial charge in [0.15, 0.2) is 0 Å². The SMILES string of the molecule is FC(F)(F)C(F)(F)[C@]1(c2ccccc2)C[C@H]1c1cccs1. The first kappa shape index (κ1) is 14.5. The lowest BCUT2D eigenvalue weighted by Crippen LogP contribution is -2.48. The van der Waals surface area contributed by atoms with Crippen molar-refractivity contribution in [1.29, 1.82) is 0 Å². The molecule has 1 aliphatic carbocycles. The van der Waals surface area contributed by atoms with Gasteiger partial charge in [-0.1, -0.05) is 36.4 Å². The topological polar surface area (TPSA) is 0 Å². The molecule has 0 amide bonds. The summed E-state index contributed by atoms with van der Waals surface area (Å²) in [5.41, 5.74) is -2.14. The van der Waals surface area contributed by atoms with Crippen LogP contribution in [-0.4, -0.2) is 12.1 Å². The molecule has 0 aliphatic heterocycles. The van der Waals surface area contributed by atoms with Crippen molar-refractivity contribution in [3.8, 4) is 0 Å². The fraction of sp³-hybridized carbons (Fsp3) is 0.333. The Morgan fingerprint density at radius 3 is 2.14 bits per heavy atom. The number of thiophene rings is 1. The molecule has 0 bridgehead atoms. The van der Waals surface area contributed by atoms with Crippen LogP contribution in [0.25, 0.3) is 0 Å². The van der Waals surface area contributed by atoms with Gasteiger partial charge in [-0.15, -0.1) is 11.3 Å². The molecule has 2 atom stereocenters. The van der Waals surface area contributed by atoms with Gasteiger partial charge in [0.05, 0.1) is 5.41 Å². The average molecular weight is 318 g/mol. The summed E-state index contributed by atoms with van der Waals surface area (Å²) in [6.45, 7) is 0. The maximum Gasteiger partial charge on any atom is 0.454 e. The Balaban J connectivity index is 2.11. The highest BCUT2D eigenvalue weighted by Crippen LogP contribution is 2.71. The highest BCUT2D eigenvalue weighted by Gasteiger charge is 2.80. The molecule has 0 unspecified atom stereocenters. The normalized spacial score (nSPS) is 25.9. The molecule has 6 heteroatoms. The second-order valence-electron chi connectivity index (χ2n) is 5.18.